The molecule has 3 unspecified atom stereocenters. The zero-order valence-electron chi connectivity index (χ0n) is 16.4. The summed E-state index contributed by atoms with van der Waals surface area (Å²) in [5.41, 5.74) is 6.69. The van der Waals surface area contributed by atoms with Crippen molar-refractivity contribution < 1.29 is 22.7 Å². The number of para-hydroxylation sites is 2. The number of nitrogens with zero attached hydrogens (tertiary/aromatic N) is 2. The molecule has 0 spiro atoms. The summed E-state index contributed by atoms with van der Waals surface area (Å²) < 4.78 is 38.2. The number of carbonyl (C=O) groups is 1. The van der Waals surface area contributed by atoms with E-state index in [1.807, 2.05) is 31.2 Å². The molecule has 2 aliphatic heterocycles. The second-order valence-corrected chi connectivity index (χ2v) is 8.93. The monoisotopic (exact) mass is 412 g/mol. The maximum Gasteiger partial charge on any atom is 0.313 e. The standard InChI is InChI=1S/C18H28N4O5S/c1-4-13-16(18(23)27-3)17(20-19-13)28(24,25)22-11-9-21(10-12-22)14-7-5-6-8-15(14)26-2/h5-8,13,16-17,19-20H,4,9-12H2,1-3H3. The van der Waals surface area contributed by atoms with Gasteiger partial charge in [-0.3, -0.25) is 10.2 Å². The molecule has 0 bridgehead atoms. The number of carbonyl (C=O) groups excluding carboxylic acids is 1. The van der Waals surface area contributed by atoms with E-state index in [2.05, 4.69) is 15.8 Å². The lowest BCUT2D eigenvalue weighted by Gasteiger charge is -2.37. The third-order valence-electron chi connectivity index (χ3n) is 5.43. The molecule has 0 radical (unpaired) electrons. The fourth-order valence-corrected chi connectivity index (χ4v) is 5.74. The summed E-state index contributed by atoms with van der Waals surface area (Å²) in [5.74, 6) is -0.546. The molecule has 2 aliphatic rings. The van der Waals surface area contributed by atoms with Gasteiger partial charge in [0.25, 0.3) is 0 Å². The summed E-state index contributed by atoms with van der Waals surface area (Å²) in [7, 11) is -0.828. The van der Waals surface area contributed by atoms with Gasteiger partial charge < -0.3 is 14.4 Å². The molecule has 1 aromatic rings. The number of hydrazine groups is 1. The number of hydrogen-bond acceptors (Lipinski definition) is 8. The first-order valence-electron chi connectivity index (χ1n) is 9.39. The Kier molecular flexibility index (Phi) is 6.43. The topological polar surface area (TPSA) is 100 Å². The third kappa shape index (κ3) is 3.82. The molecular weight excluding hydrogens is 384 g/mol. The highest BCUT2D eigenvalue weighted by atomic mass is 32.2. The fraction of sp³-hybridized carbons (Fsp3) is 0.611. The lowest BCUT2D eigenvalue weighted by molar-refractivity contribution is -0.145. The number of piperazine rings is 1. The summed E-state index contributed by atoms with van der Waals surface area (Å²) in [6.45, 7) is 3.66. The Bertz CT molecular complexity index is 795. The summed E-state index contributed by atoms with van der Waals surface area (Å²) in [5, 5.41) is -1.04. The van der Waals surface area contributed by atoms with Crippen molar-refractivity contribution in [1.82, 2.24) is 15.2 Å². The van der Waals surface area contributed by atoms with Crippen LogP contribution >= 0.6 is 0 Å². The molecule has 0 saturated carbocycles. The minimum Gasteiger partial charge on any atom is -0.495 e. The molecule has 2 fully saturated rings. The summed E-state index contributed by atoms with van der Waals surface area (Å²) >= 11 is 0. The van der Waals surface area contributed by atoms with Crippen molar-refractivity contribution in [3.8, 4) is 5.75 Å². The lowest BCUT2D eigenvalue weighted by Crippen LogP contribution is -2.55. The van der Waals surface area contributed by atoms with Gasteiger partial charge in [0.1, 0.15) is 11.7 Å². The van der Waals surface area contributed by atoms with E-state index in [-0.39, 0.29) is 6.04 Å². The molecule has 9 nitrogen and oxygen atoms in total. The van der Waals surface area contributed by atoms with Crippen LogP contribution in [0.3, 0.4) is 0 Å². The predicted octanol–water partition coefficient (Wildman–Crippen LogP) is 0.149. The van der Waals surface area contributed by atoms with Gasteiger partial charge in [0.05, 0.1) is 19.9 Å². The van der Waals surface area contributed by atoms with Crippen LogP contribution in [0.1, 0.15) is 13.3 Å². The summed E-state index contributed by atoms with van der Waals surface area (Å²) in [6, 6.07) is 7.39. The smallest absolute Gasteiger partial charge is 0.313 e. The average Bonchev–Trinajstić information content (AvgIpc) is 3.18. The van der Waals surface area contributed by atoms with Crippen molar-refractivity contribution in [2.45, 2.75) is 24.8 Å². The van der Waals surface area contributed by atoms with Crippen LogP contribution in [0.5, 0.6) is 5.75 Å². The van der Waals surface area contributed by atoms with Crippen molar-refractivity contribution in [2.24, 2.45) is 5.92 Å². The van der Waals surface area contributed by atoms with Gasteiger partial charge in [-0.1, -0.05) is 19.1 Å². The summed E-state index contributed by atoms with van der Waals surface area (Å²) in [6.07, 6.45) is 0.611. The van der Waals surface area contributed by atoms with Crippen LogP contribution in [0.15, 0.2) is 24.3 Å². The van der Waals surface area contributed by atoms with Crippen LogP contribution < -0.4 is 20.5 Å². The Labute approximate surface area is 166 Å². The van der Waals surface area contributed by atoms with E-state index in [9.17, 15) is 13.2 Å². The first kappa shape index (κ1) is 20.8. The van der Waals surface area contributed by atoms with Crippen molar-refractivity contribution >= 4 is 21.7 Å². The van der Waals surface area contributed by atoms with Gasteiger partial charge >= 0.3 is 5.97 Å². The highest BCUT2D eigenvalue weighted by molar-refractivity contribution is 7.89. The maximum absolute atomic E-state index is 13.2. The van der Waals surface area contributed by atoms with E-state index >= 15 is 0 Å². The minimum absolute atomic E-state index is 0.290. The molecule has 1 aromatic carbocycles. The van der Waals surface area contributed by atoms with Crippen molar-refractivity contribution in [3.63, 3.8) is 0 Å². The summed E-state index contributed by atoms with van der Waals surface area (Å²) in [4.78, 5) is 14.3. The Balaban J connectivity index is 1.73. The van der Waals surface area contributed by atoms with E-state index in [0.717, 1.165) is 11.4 Å². The number of benzene rings is 1. The van der Waals surface area contributed by atoms with Gasteiger partial charge in [-0.05, 0) is 18.6 Å². The van der Waals surface area contributed by atoms with Crippen molar-refractivity contribution in [1.29, 1.82) is 0 Å². The van der Waals surface area contributed by atoms with Crippen LogP contribution in [0.2, 0.25) is 0 Å². The number of anilines is 1. The highest BCUT2D eigenvalue weighted by Crippen LogP contribution is 2.30. The quantitative estimate of drug-likeness (QED) is 0.637. The van der Waals surface area contributed by atoms with E-state index in [1.54, 1.807) is 7.11 Å². The van der Waals surface area contributed by atoms with Gasteiger partial charge in [0.15, 0.2) is 5.37 Å². The zero-order chi connectivity index (χ0) is 20.3. The molecular formula is C18H28N4O5S. The second-order valence-electron chi connectivity index (χ2n) is 6.88. The van der Waals surface area contributed by atoms with Crippen LogP contribution in [0.25, 0.3) is 0 Å². The van der Waals surface area contributed by atoms with Crippen LogP contribution in [0, 0.1) is 5.92 Å². The molecule has 3 rings (SSSR count). The van der Waals surface area contributed by atoms with Crippen molar-refractivity contribution in [3.05, 3.63) is 24.3 Å². The first-order valence-corrected chi connectivity index (χ1v) is 10.9. The molecule has 3 atom stereocenters. The Morgan fingerprint density at radius 2 is 1.82 bits per heavy atom. The molecule has 2 heterocycles. The molecule has 0 amide bonds. The number of rotatable bonds is 6. The molecule has 0 aromatic heterocycles. The first-order chi connectivity index (χ1) is 13.4. The number of methoxy groups -OCH3 is 2. The molecule has 0 aliphatic carbocycles. The van der Waals surface area contributed by atoms with Gasteiger partial charge in [-0.2, -0.15) is 4.31 Å². The van der Waals surface area contributed by atoms with Crippen LogP contribution in [-0.2, 0) is 19.6 Å². The van der Waals surface area contributed by atoms with E-state index in [0.29, 0.717) is 32.6 Å². The second kappa shape index (κ2) is 8.64. The molecule has 2 saturated heterocycles. The largest absolute Gasteiger partial charge is 0.495 e. The van der Waals surface area contributed by atoms with E-state index < -0.39 is 27.3 Å². The normalized spacial score (nSPS) is 26.2. The molecule has 10 heteroatoms. The van der Waals surface area contributed by atoms with Crippen LogP contribution in [0.4, 0.5) is 5.69 Å². The SMILES string of the molecule is CCC1NNC(S(=O)(=O)N2CCN(c3ccccc3OC)CC2)C1C(=O)OC. The lowest BCUT2D eigenvalue weighted by atomic mass is 10.00. The molecule has 2 N–H and O–H groups in total. The van der Waals surface area contributed by atoms with Gasteiger partial charge in [-0.25, -0.2) is 13.8 Å². The van der Waals surface area contributed by atoms with E-state index in [4.69, 9.17) is 9.47 Å². The fourth-order valence-electron chi connectivity index (χ4n) is 3.85. The Morgan fingerprint density at radius 1 is 1.14 bits per heavy atom. The van der Waals surface area contributed by atoms with Crippen LogP contribution in [-0.4, -0.2) is 70.5 Å². The van der Waals surface area contributed by atoms with E-state index in [1.165, 1.54) is 11.4 Å². The number of esters is 1. The van der Waals surface area contributed by atoms with Gasteiger partial charge in [-0.15, -0.1) is 0 Å². The number of sulfonamides is 1. The Hall–Kier alpha value is -1.88. The zero-order valence-corrected chi connectivity index (χ0v) is 17.2. The molecule has 156 valence electrons. The predicted molar refractivity (Wildman–Crippen MR) is 105 cm³/mol. The number of nitrogens with one attached hydrogen (secondary N) is 2. The maximum atomic E-state index is 13.2. The average molecular weight is 413 g/mol. The van der Waals surface area contributed by atoms with Crippen molar-refractivity contribution in [2.75, 3.05) is 45.3 Å². The molecule has 28 heavy (non-hydrogen) atoms. The number of ether oxygens (including phenoxy) is 2. The number of hydrogen-bond donors (Lipinski definition) is 2. The highest BCUT2D eigenvalue weighted by Gasteiger charge is 2.50. The third-order valence-corrected chi connectivity index (χ3v) is 7.57. The minimum atomic E-state index is -3.73. The Morgan fingerprint density at radius 3 is 2.43 bits per heavy atom. The van der Waals surface area contributed by atoms with Gasteiger partial charge in [0, 0.05) is 32.2 Å². The van der Waals surface area contributed by atoms with Gasteiger partial charge in [0.2, 0.25) is 10.0 Å².